The van der Waals surface area contributed by atoms with Crippen molar-refractivity contribution >= 4 is 23.0 Å². The number of aromatic nitrogens is 1. The summed E-state index contributed by atoms with van der Waals surface area (Å²) >= 11 is 5.92. The van der Waals surface area contributed by atoms with E-state index in [4.69, 9.17) is 22.1 Å². The summed E-state index contributed by atoms with van der Waals surface area (Å²) < 4.78 is 5.07. The molecule has 0 aliphatic carbocycles. The second kappa shape index (κ2) is 5.60. The number of benzene rings is 1. The first-order valence-corrected chi connectivity index (χ1v) is 5.84. The molecule has 18 heavy (non-hydrogen) atoms. The summed E-state index contributed by atoms with van der Waals surface area (Å²) in [6.45, 7) is 0.628. The molecule has 0 amide bonds. The van der Waals surface area contributed by atoms with Gasteiger partial charge in [0.05, 0.1) is 18.5 Å². The Kier molecular flexibility index (Phi) is 3.89. The van der Waals surface area contributed by atoms with Crippen LogP contribution in [0.25, 0.3) is 0 Å². The Labute approximate surface area is 111 Å². The van der Waals surface area contributed by atoms with Gasteiger partial charge < -0.3 is 15.8 Å². The van der Waals surface area contributed by atoms with Crippen molar-refractivity contribution in [3.8, 4) is 5.88 Å². The number of rotatable bonds is 4. The smallest absolute Gasteiger partial charge is 0.213 e. The third kappa shape index (κ3) is 3.05. The summed E-state index contributed by atoms with van der Waals surface area (Å²) in [5.74, 6) is 0.591. The Hall–Kier alpha value is -1.94. The maximum absolute atomic E-state index is 5.92. The van der Waals surface area contributed by atoms with Gasteiger partial charge in [-0.2, -0.15) is 0 Å². The molecular formula is C13H14ClN3O. The van der Waals surface area contributed by atoms with Gasteiger partial charge in [-0.15, -0.1) is 0 Å². The van der Waals surface area contributed by atoms with Crippen LogP contribution >= 0.6 is 11.6 Å². The van der Waals surface area contributed by atoms with Gasteiger partial charge in [-0.3, -0.25) is 0 Å². The average Bonchev–Trinajstić information content (AvgIpc) is 2.40. The van der Waals surface area contributed by atoms with Gasteiger partial charge in [0.1, 0.15) is 0 Å². The van der Waals surface area contributed by atoms with Crippen LogP contribution in [0, 0.1) is 0 Å². The van der Waals surface area contributed by atoms with Crippen molar-refractivity contribution in [1.29, 1.82) is 0 Å². The number of methoxy groups -OCH3 is 1. The van der Waals surface area contributed by atoms with Crippen molar-refractivity contribution in [2.75, 3.05) is 18.2 Å². The molecule has 1 aromatic carbocycles. The fourth-order valence-electron chi connectivity index (χ4n) is 1.55. The monoisotopic (exact) mass is 263 g/mol. The van der Waals surface area contributed by atoms with Gasteiger partial charge in [0.15, 0.2) is 0 Å². The second-order valence-corrected chi connectivity index (χ2v) is 4.23. The largest absolute Gasteiger partial charge is 0.481 e. The van der Waals surface area contributed by atoms with Crippen molar-refractivity contribution in [3.05, 3.63) is 47.1 Å². The quantitative estimate of drug-likeness (QED) is 0.833. The first-order chi connectivity index (χ1) is 8.69. The van der Waals surface area contributed by atoms with E-state index >= 15 is 0 Å². The lowest BCUT2D eigenvalue weighted by atomic mass is 10.2. The highest BCUT2D eigenvalue weighted by Crippen LogP contribution is 2.23. The topological polar surface area (TPSA) is 60.2 Å². The predicted octanol–water partition coefficient (Wildman–Crippen LogP) is 2.94. The predicted molar refractivity (Wildman–Crippen MR) is 74.0 cm³/mol. The maximum atomic E-state index is 5.92. The maximum Gasteiger partial charge on any atom is 0.213 e. The molecule has 5 heteroatoms. The van der Waals surface area contributed by atoms with E-state index in [1.165, 1.54) is 0 Å². The number of anilines is 2. The SMILES string of the molecule is COc1cc(CNc2cc(Cl)ccc2N)ccn1. The van der Waals surface area contributed by atoms with Gasteiger partial charge in [-0.1, -0.05) is 11.6 Å². The van der Waals surface area contributed by atoms with E-state index < -0.39 is 0 Å². The molecule has 2 aromatic rings. The number of nitrogens with one attached hydrogen (secondary N) is 1. The van der Waals surface area contributed by atoms with E-state index in [0.717, 1.165) is 11.3 Å². The van der Waals surface area contributed by atoms with E-state index in [0.29, 0.717) is 23.1 Å². The number of nitrogen functional groups attached to an aromatic ring is 1. The molecule has 1 heterocycles. The number of nitrogens with zero attached hydrogens (tertiary/aromatic N) is 1. The molecule has 0 bridgehead atoms. The molecule has 0 fully saturated rings. The lowest BCUT2D eigenvalue weighted by Gasteiger charge is -2.10. The molecule has 3 N–H and O–H groups in total. The van der Waals surface area contributed by atoms with E-state index in [-0.39, 0.29) is 0 Å². The molecule has 0 unspecified atom stereocenters. The van der Waals surface area contributed by atoms with Crippen LogP contribution in [0.5, 0.6) is 5.88 Å². The number of halogens is 1. The van der Waals surface area contributed by atoms with Gasteiger partial charge in [-0.25, -0.2) is 4.98 Å². The van der Waals surface area contributed by atoms with Gasteiger partial charge in [-0.05, 0) is 29.8 Å². The lowest BCUT2D eigenvalue weighted by molar-refractivity contribution is 0.397. The minimum atomic E-state index is 0.591. The van der Waals surface area contributed by atoms with Crippen molar-refractivity contribution in [1.82, 2.24) is 4.98 Å². The zero-order chi connectivity index (χ0) is 13.0. The van der Waals surface area contributed by atoms with Crippen LogP contribution in [0.4, 0.5) is 11.4 Å². The van der Waals surface area contributed by atoms with Crippen LogP contribution in [-0.4, -0.2) is 12.1 Å². The molecule has 0 saturated heterocycles. The summed E-state index contributed by atoms with van der Waals surface area (Å²) in [7, 11) is 1.59. The number of pyridine rings is 1. The summed E-state index contributed by atoms with van der Waals surface area (Å²) in [5, 5.41) is 3.88. The molecule has 0 aliphatic rings. The van der Waals surface area contributed by atoms with Crippen LogP contribution in [0.15, 0.2) is 36.5 Å². The van der Waals surface area contributed by atoms with Crippen LogP contribution in [-0.2, 0) is 6.54 Å². The van der Waals surface area contributed by atoms with E-state index in [1.54, 1.807) is 31.5 Å². The Morgan fingerprint density at radius 3 is 2.94 bits per heavy atom. The fraction of sp³-hybridized carbons (Fsp3) is 0.154. The van der Waals surface area contributed by atoms with E-state index in [1.807, 2.05) is 12.1 Å². The lowest BCUT2D eigenvalue weighted by Crippen LogP contribution is -2.03. The molecule has 1 aromatic heterocycles. The zero-order valence-corrected chi connectivity index (χ0v) is 10.7. The van der Waals surface area contributed by atoms with E-state index in [9.17, 15) is 0 Å². The summed E-state index contributed by atoms with van der Waals surface area (Å²) in [5.41, 5.74) is 8.39. The first kappa shape index (κ1) is 12.5. The minimum Gasteiger partial charge on any atom is -0.481 e. The molecule has 0 saturated carbocycles. The Balaban J connectivity index is 2.08. The number of ether oxygens (including phenoxy) is 1. The highest BCUT2D eigenvalue weighted by molar-refractivity contribution is 6.31. The zero-order valence-electron chi connectivity index (χ0n) is 9.98. The Bertz CT molecular complexity index is 546. The molecule has 2 rings (SSSR count). The molecule has 94 valence electrons. The van der Waals surface area contributed by atoms with Crippen molar-refractivity contribution in [2.45, 2.75) is 6.54 Å². The summed E-state index contributed by atoms with van der Waals surface area (Å²) in [6.07, 6.45) is 1.71. The summed E-state index contributed by atoms with van der Waals surface area (Å²) in [6, 6.07) is 9.12. The highest BCUT2D eigenvalue weighted by atomic mass is 35.5. The van der Waals surface area contributed by atoms with Gasteiger partial charge >= 0.3 is 0 Å². The molecule has 4 nitrogen and oxygen atoms in total. The Morgan fingerprint density at radius 2 is 2.17 bits per heavy atom. The summed E-state index contributed by atoms with van der Waals surface area (Å²) in [4.78, 5) is 4.05. The molecule has 0 atom stereocenters. The normalized spacial score (nSPS) is 10.1. The van der Waals surface area contributed by atoms with Crippen LogP contribution in [0.3, 0.4) is 0 Å². The van der Waals surface area contributed by atoms with Crippen LogP contribution < -0.4 is 15.8 Å². The van der Waals surface area contributed by atoms with Gasteiger partial charge in [0, 0.05) is 23.8 Å². The van der Waals surface area contributed by atoms with Crippen molar-refractivity contribution in [2.24, 2.45) is 0 Å². The Morgan fingerprint density at radius 1 is 1.33 bits per heavy atom. The minimum absolute atomic E-state index is 0.591. The fourth-order valence-corrected chi connectivity index (χ4v) is 1.72. The average molecular weight is 264 g/mol. The third-order valence-corrected chi connectivity index (χ3v) is 2.74. The van der Waals surface area contributed by atoms with E-state index in [2.05, 4.69) is 10.3 Å². The van der Waals surface area contributed by atoms with Crippen molar-refractivity contribution < 1.29 is 4.74 Å². The first-order valence-electron chi connectivity index (χ1n) is 5.47. The standard InChI is InChI=1S/C13H14ClN3O/c1-18-13-6-9(4-5-16-13)8-17-12-7-10(14)2-3-11(12)15/h2-7,17H,8,15H2,1H3. The molecule has 0 spiro atoms. The number of nitrogens with two attached hydrogens (primary N) is 1. The second-order valence-electron chi connectivity index (χ2n) is 3.79. The van der Waals surface area contributed by atoms with Gasteiger partial charge in [0.25, 0.3) is 0 Å². The third-order valence-electron chi connectivity index (χ3n) is 2.51. The molecular weight excluding hydrogens is 250 g/mol. The van der Waals surface area contributed by atoms with Crippen LogP contribution in [0.1, 0.15) is 5.56 Å². The van der Waals surface area contributed by atoms with Crippen LogP contribution in [0.2, 0.25) is 5.02 Å². The highest BCUT2D eigenvalue weighted by Gasteiger charge is 2.01. The van der Waals surface area contributed by atoms with Crippen molar-refractivity contribution in [3.63, 3.8) is 0 Å². The van der Waals surface area contributed by atoms with Gasteiger partial charge in [0.2, 0.25) is 5.88 Å². The molecule has 0 radical (unpaired) electrons. The number of hydrogen-bond donors (Lipinski definition) is 2. The molecule has 0 aliphatic heterocycles. The number of hydrogen-bond acceptors (Lipinski definition) is 4.